The minimum atomic E-state index is -1.32. The zero-order valence-corrected chi connectivity index (χ0v) is 22.9. The molecule has 0 radical (unpaired) electrons. The number of ether oxygens (including phenoxy) is 1. The molecule has 1 spiro atoms. The molecule has 2 aromatic rings. The summed E-state index contributed by atoms with van der Waals surface area (Å²) in [6.45, 7) is 11.2. The number of nitrogens with zero attached hydrogens (tertiary/aromatic N) is 5. The average Bonchev–Trinajstić information content (AvgIpc) is 3.58. The van der Waals surface area contributed by atoms with E-state index in [0.717, 1.165) is 5.52 Å². The number of aliphatic hydroxyl groups is 1. The fraction of sp³-hybridized carbons (Fsp3) is 0.607. The molecule has 3 fully saturated rings. The van der Waals surface area contributed by atoms with Crippen molar-refractivity contribution in [2.24, 2.45) is 23.7 Å². The van der Waals surface area contributed by atoms with E-state index in [1.165, 1.54) is 4.90 Å². The van der Waals surface area contributed by atoms with Gasteiger partial charge >= 0.3 is 5.97 Å². The molecule has 1 aromatic carbocycles. The van der Waals surface area contributed by atoms with Crippen LogP contribution < -0.4 is 0 Å². The molecule has 3 aliphatic heterocycles. The van der Waals surface area contributed by atoms with Crippen molar-refractivity contribution in [1.82, 2.24) is 24.8 Å². The molecule has 5 rings (SSSR count). The summed E-state index contributed by atoms with van der Waals surface area (Å²) in [5.41, 5.74) is -0.989. The van der Waals surface area contributed by atoms with Gasteiger partial charge in [0.1, 0.15) is 29.7 Å². The van der Waals surface area contributed by atoms with E-state index in [-0.39, 0.29) is 31.7 Å². The summed E-state index contributed by atoms with van der Waals surface area (Å²) in [6.07, 6.45) is 2.62. The Morgan fingerprint density at radius 3 is 2.72 bits per heavy atom. The number of rotatable bonds is 10. The summed E-state index contributed by atoms with van der Waals surface area (Å²) < 4.78 is 8.21. The molecule has 1 aromatic heterocycles. The number of aliphatic hydroxyl groups excluding tert-OH is 1. The van der Waals surface area contributed by atoms with Gasteiger partial charge in [0.25, 0.3) is 0 Å². The van der Waals surface area contributed by atoms with Crippen LogP contribution in [0.25, 0.3) is 11.0 Å². The van der Waals surface area contributed by atoms with Gasteiger partial charge in [0, 0.05) is 6.54 Å². The van der Waals surface area contributed by atoms with Gasteiger partial charge in [0.05, 0.1) is 29.7 Å². The number of hydrogen-bond donors (Lipinski definition) is 2. The Bertz CT molecular complexity index is 1310. The Morgan fingerprint density at radius 2 is 2.08 bits per heavy atom. The highest BCUT2D eigenvalue weighted by atomic mass is 16.5. The Hall–Kier alpha value is -3.31. The molecule has 2 bridgehead atoms. The zero-order valence-electron chi connectivity index (χ0n) is 22.9. The molecule has 2 N–H and O–H groups in total. The van der Waals surface area contributed by atoms with E-state index in [9.17, 15) is 24.6 Å². The van der Waals surface area contributed by atoms with Crippen LogP contribution in [0.1, 0.15) is 40.5 Å². The summed E-state index contributed by atoms with van der Waals surface area (Å²) in [7, 11) is 0. The lowest BCUT2D eigenvalue weighted by Gasteiger charge is -2.41. The van der Waals surface area contributed by atoms with Gasteiger partial charge in [-0.1, -0.05) is 50.6 Å². The molecule has 8 atom stereocenters. The summed E-state index contributed by atoms with van der Waals surface area (Å²) >= 11 is 0. The van der Waals surface area contributed by atoms with Crippen molar-refractivity contribution in [3.63, 3.8) is 0 Å². The first-order chi connectivity index (χ1) is 18.5. The first kappa shape index (κ1) is 27.3. The number of amides is 2. The monoisotopic (exact) mass is 539 g/mol. The zero-order chi connectivity index (χ0) is 28.3. The maximum Gasteiger partial charge on any atom is 0.310 e. The normalized spacial score (nSPS) is 32.8. The second-order valence-corrected chi connectivity index (χ2v) is 11.5. The highest BCUT2D eigenvalue weighted by molar-refractivity contribution is 5.98. The van der Waals surface area contributed by atoms with E-state index in [1.54, 1.807) is 22.6 Å². The Labute approximate surface area is 227 Å². The number of carbonyl (C=O) groups is 3. The molecule has 3 unspecified atom stereocenters. The second kappa shape index (κ2) is 9.71. The quantitative estimate of drug-likeness (QED) is 0.437. The van der Waals surface area contributed by atoms with Gasteiger partial charge in [-0.15, -0.1) is 11.7 Å². The van der Waals surface area contributed by atoms with Crippen molar-refractivity contribution in [2.45, 2.75) is 70.5 Å². The molecule has 0 aliphatic carbocycles. The predicted octanol–water partition coefficient (Wildman–Crippen LogP) is 1.91. The summed E-state index contributed by atoms with van der Waals surface area (Å²) in [6, 6.07) is 5.63. The van der Waals surface area contributed by atoms with Crippen LogP contribution in [0.2, 0.25) is 0 Å². The number of para-hydroxylation sites is 1. The molecular weight excluding hydrogens is 502 g/mol. The van der Waals surface area contributed by atoms with Crippen LogP contribution in [-0.2, 0) is 25.8 Å². The van der Waals surface area contributed by atoms with Gasteiger partial charge in [-0.25, -0.2) is 4.68 Å². The van der Waals surface area contributed by atoms with Gasteiger partial charge < -0.3 is 24.7 Å². The van der Waals surface area contributed by atoms with Crippen molar-refractivity contribution in [1.29, 1.82) is 0 Å². The number of aromatic nitrogens is 3. The van der Waals surface area contributed by atoms with Gasteiger partial charge in [-0.3, -0.25) is 14.4 Å². The standard InChI is InChI=1S/C28H37N5O6/c1-6-12-31(15-32-19-11-9-8-10-18(19)29-30-32)25(36)23-28-13-17(4)27(5,39-28)22(26(37)38)21(28)24(35)33(23)20(14-34)16(3)7-2/h6,8-11,16-17,20-23,34H,1,7,12-15H2,2-5H3,(H,37,38)/t16-,17?,20-,21-,22+,23?,27-,28?/m0/s1. The van der Waals surface area contributed by atoms with Crippen molar-refractivity contribution in [2.75, 3.05) is 13.2 Å². The van der Waals surface area contributed by atoms with Crippen LogP contribution in [0, 0.1) is 23.7 Å². The number of fused-ring (bicyclic) bond motifs is 2. The third kappa shape index (κ3) is 3.81. The lowest BCUT2D eigenvalue weighted by molar-refractivity contribution is -0.161. The summed E-state index contributed by atoms with van der Waals surface area (Å²) in [5, 5.41) is 29.2. The lowest BCUT2D eigenvalue weighted by atomic mass is 9.62. The third-order valence-electron chi connectivity index (χ3n) is 9.48. The largest absolute Gasteiger partial charge is 0.481 e. The highest BCUT2D eigenvalue weighted by Gasteiger charge is 2.80. The van der Waals surface area contributed by atoms with E-state index in [2.05, 4.69) is 16.9 Å². The number of carboxylic acids is 1. The fourth-order valence-electron chi connectivity index (χ4n) is 7.23. The molecule has 3 saturated heterocycles. The first-order valence-electron chi connectivity index (χ1n) is 13.6. The summed E-state index contributed by atoms with van der Waals surface area (Å²) in [4.78, 5) is 44.4. The van der Waals surface area contributed by atoms with Gasteiger partial charge in [-0.2, -0.15) is 0 Å². The molecular formula is C28H37N5O6. The fourth-order valence-corrected chi connectivity index (χ4v) is 7.23. The average molecular weight is 540 g/mol. The maximum atomic E-state index is 14.6. The Balaban J connectivity index is 1.62. The molecule has 39 heavy (non-hydrogen) atoms. The van der Waals surface area contributed by atoms with E-state index >= 15 is 0 Å². The third-order valence-corrected chi connectivity index (χ3v) is 9.48. The number of hydrogen-bond acceptors (Lipinski definition) is 7. The van der Waals surface area contributed by atoms with Crippen LogP contribution in [0.3, 0.4) is 0 Å². The molecule has 11 heteroatoms. The van der Waals surface area contributed by atoms with Crippen LogP contribution in [0.4, 0.5) is 0 Å². The maximum absolute atomic E-state index is 14.6. The van der Waals surface area contributed by atoms with E-state index < -0.39 is 52.9 Å². The molecule has 2 amide bonds. The minimum absolute atomic E-state index is 0.0486. The SMILES string of the molecule is C=CCN(Cn1nnc2ccccc21)C(=O)C1N([C@@H](CO)[C@@H](C)CC)C(=O)[C@@H]2[C@H](C(=O)O)[C@@]3(C)OC12CC3C. The van der Waals surface area contributed by atoms with Crippen molar-refractivity contribution < 1.29 is 29.3 Å². The minimum Gasteiger partial charge on any atom is -0.481 e. The predicted molar refractivity (Wildman–Crippen MR) is 141 cm³/mol. The van der Waals surface area contributed by atoms with Crippen molar-refractivity contribution in [3.05, 3.63) is 36.9 Å². The van der Waals surface area contributed by atoms with Gasteiger partial charge in [0.2, 0.25) is 11.8 Å². The van der Waals surface area contributed by atoms with Crippen LogP contribution in [-0.4, -0.2) is 89.2 Å². The molecule has 4 heterocycles. The number of likely N-dealkylation sites (tertiary alicyclic amines) is 1. The van der Waals surface area contributed by atoms with E-state index in [1.807, 2.05) is 45.0 Å². The number of carboxylic acid groups (broad SMARTS) is 1. The number of aliphatic carboxylic acids is 1. The highest BCUT2D eigenvalue weighted by Crippen LogP contribution is 2.65. The number of carbonyl (C=O) groups excluding carboxylic acids is 2. The lowest BCUT2D eigenvalue weighted by Crippen LogP contribution is -2.60. The molecule has 210 valence electrons. The molecule has 0 saturated carbocycles. The van der Waals surface area contributed by atoms with Gasteiger partial charge in [0.15, 0.2) is 0 Å². The Kier molecular flexibility index (Phi) is 6.79. The Morgan fingerprint density at radius 1 is 1.36 bits per heavy atom. The van der Waals surface area contributed by atoms with E-state index in [4.69, 9.17) is 4.74 Å². The van der Waals surface area contributed by atoms with Gasteiger partial charge in [-0.05, 0) is 37.3 Å². The van der Waals surface area contributed by atoms with Crippen LogP contribution in [0.15, 0.2) is 36.9 Å². The molecule has 3 aliphatic rings. The number of benzene rings is 1. The van der Waals surface area contributed by atoms with Crippen molar-refractivity contribution in [3.8, 4) is 0 Å². The smallest absolute Gasteiger partial charge is 0.310 e. The van der Waals surface area contributed by atoms with E-state index in [0.29, 0.717) is 18.4 Å². The topological polar surface area (TPSA) is 138 Å². The molecule has 11 nitrogen and oxygen atoms in total. The van der Waals surface area contributed by atoms with Crippen LogP contribution >= 0.6 is 0 Å². The van der Waals surface area contributed by atoms with Crippen molar-refractivity contribution >= 4 is 28.8 Å². The van der Waals surface area contributed by atoms with Crippen LogP contribution in [0.5, 0.6) is 0 Å². The second-order valence-electron chi connectivity index (χ2n) is 11.5. The first-order valence-corrected chi connectivity index (χ1v) is 13.6. The summed E-state index contributed by atoms with van der Waals surface area (Å²) in [5.74, 6) is -4.40.